The van der Waals surface area contributed by atoms with Crippen LogP contribution in [0.2, 0.25) is 0 Å². The predicted octanol–water partition coefficient (Wildman–Crippen LogP) is 6.09. The van der Waals surface area contributed by atoms with Crippen LogP contribution in [-0.2, 0) is 0 Å². The molecule has 27 heavy (non-hydrogen) atoms. The van der Waals surface area contributed by atoms with E-state index in [2.05, 4.69) is 48.9 Å². The maximum Gasteiger partial charge on any atom is 0.257 e. The number of anilines is 1. The number of allylic oxidation sites excluding steroid dienone is 4. The summed E-state index contributed by atoms with van der Waals surface area (Å²) in [5.41, 5.74) is 3.26. The molecule has 0 saturated carbocycles. The van der Waals surface area contributed by atoms with Gasteiger partial charge in [-0.25, -0.2) is 4.39 Å². The largest absolute Gasteiger partial charge is 0.322 e. The van der Waals surface area contributed by atoms with Crippen LogP contribution in [0.5, 0.6) is 0 Å². The van der Waals surface area contributed by atoms with E-state index in [1.54, 1.807) is 37.6 Å². The number of amides is 1. The first-order valence-corrected chi connectivity index (χ1v) is 9.80. The number of aryl methyl sites for hydroxylation is 1. The third kappa shape index (κ3) is 7.02. The number of nitrogens with one attached hydrogen (secondary N) is 1. The van der Waals surface area contributed by atoms with Gasteiger partial charge in [0.15, 0.2) is 0 Å². The van der Waals surface area contributed by atoms with Crippen molar-refractivity contribution in [2.45, 2.75) is 33.6 Å². The summed E-state index contributed by atoms with van der Waals surface area (Å²) in [5.74, 6) is -0.657. The van der Waals surface area contributed by atoms with E-state index in [9.17, 15) is 9.18 Å². The highest BCUT2D eigenvalue weighted by atomic mass is 32.1. The molecule has 144 valence electrons. The molecular formula is C22H27FN2OS. The number of thiol groups is 1. The molecule has 5 heteroatoms. The molecule has 0 radical (unpaired) electrons. The minimum Gasteiger partial charge on any atom is -0.322 e. The maximum atomic E-state index is 13.6. The lowest BCUT2D eigenvalue weighted by molar-refractivity contribution is 0.102. The molecule has 1 aromatic carbocycles. The second-order valence-corrected chi connectivity index (χ2v) is 5.73. The number of pyridine rings is 1. The average molecular weight is 387 g/mol. The summed E-state index contributed by atoms with van der Waals surface area (Å²) >= 11 is 3.53. The SMILES string of the molecule is CC/C=C\C(=C/CC)c1ccc(C(=O)Nc2ccc(C)c(F)c2)cn1.CS. The number of benzene rings is 1. The third-order valence-electron chi connectivity index (χ3n) is 3.71. The monoisotopic (exact) mass is 386 g/mol. The van der Waals surface area contributed by atoms with Crippen molar-refractivity contribution in [2.24, 2.45) is 0 Å². The number of halogens is 1. The lowest BCUT2D eigenvalue weighted by atomic mass is 10.1. The van der Waals surface area contributed by atoms with Crippen molar-refractivity contribution in [3.63, 3.8) is 0 Å². The molecule has 1 aromatic heterocycles. The smallest absolute Gasteiger partial charge is 0.257 e. The normalized spacial score (nSPS) is 11.1. The summed E-state index contributed by atoms with van der Waals surface area (Å²) in [7, 11) is 0. The Balaban J connectivity index is 0.00000176. The zero-order valence-corrected chi connectivity index (χ0v) is 17.2. The van der Waals surface area contributed by atoms with E-state index in [-0.39, 0.29) is 11.7 Å². The van der Waals surface area contributed by atoms with Gasteiger partial charge >= 0.3 is 0 Å². The first-order valence-electron chi connectivity index (χ1n) is 8.90. The molecule has 0 aliphatic carbocycles. The molecule has 0 saturated heterocycles. The van der Waals surface area contributed by atoms with E-state index in [0.717, 1.165) is 24.1 Å². The summed E-state index contributed by atoms with van der Waals surface area (Å²) in [6, 6.07) is 8.17. The number of hydrogen-bond acceptors (Lipinski definition) is 3. The van der Waals surface area contributed by atoms with Crippen LogP contribution in [0.3, 0.4) is 0 Å². The van der Waals surface area contributed by atoms with Crippen molar-refractivity contribution in [2.75, 3.05) is 11.6 Å². The first-order chi connectivity index (χ1) is 13.0. The zero-order chi connectivity index (χ0) is 20.2. The van der Waals surface area contributed by atoms with E-state index in [1.165, 1.54) is 6.07 Å². The Morgan fingerprint density at radius 2 is 1.93 bits per heavy atom. The van der Waals surface area contributed by atoms with E-state index >= 15 is 0 Å². The molecule has 1 N–H and O–H groups in total. The van der Waals surface area contributed by atoms with Crippen LogP contribution in [-0.4, -0.2) is 17.1 Å². The van der Waals surface area contributed by atoms with Gasteiger partial charge in [0.2, 0.25) is 0 Å². The molecule has 1 amide bonds. The van der Waals surface area contributed by atoms with Gasteiger partial charge in [0, 0.05) is 11.9 Å². The number of hydrogen-bond donors (Lipinski definition) is 2. The van der Waals surface area contributed by atoms with Gasteiger partial charge in [0.25, 0.3) is 5.91 Å². The molecule has 3 nitrogen and oxygen atoms in total. The summed E-state index contributed by atoms with van der Waals surface area (Å²) in [6.07, 6.45) is 11.3. The summed E-state index contributed by atoms with van der Waals surface area (Å²) in [4.78, 5) is 16.7. The van der Waals surface area contributed by atoms with Crippen molar-refractivity contribution >= 4 is 29.8 Å². The minimum atomic E-state index is -0.344. The van der Waals surface area contributed by atoms with Crippen molar-refractivity contribution in [3.8, 4) is 0 Å². The molecule has 2 rings (SSSR count). The Kier molecular flexibility index (Phi) is 10.1. The number of nitrogens with zero attached hydrogens (tertiary/aromatic N) is 1. The van der Waals surface area contributed by atoms with Crippen molar-refractivity contribution in [1.82, 2.24) is 4.98 Å². The minimum absolute atomic E-state index is 0.313. The van der Waals surface area contributed by atoms with Gasteiger partial charge in [-0.1, -0.05) is 38.1 Å². The van der Waals surface area contributed by atoms with Gasteiger partial charge in [-0.05, 0) is 61.4 Å². The van der Waals surface area contributed by atoms with Crippen LogP contribution in [0, 0.1) is 12.7 Å². The Bertz CT molecular complexity index is 798. The Hall–Kier alpha value is -2.40. The van der Waals surface area contributed by atoms with Crippen molar-refractivity contribution in [1.29, 1.82) is 0 Å². The molecule has 0 fully saturated rings. The highest BCUT2D eigenvalue weighted by Gasteiger charge is 2.09. The molecule has 0 aliphatic heterocycles. The van der Waals surface area contributed by atoms with Crippen LogP contribution in [0.1, 0.15) is 48.3 Å². The zero-order valence-electron chi connectivity index (χ0n) is 16.3. The standard InChI is InChI=1S/C21H23FN2O.CH4S/c1-4-6-8-16(7-5-2)20-12-10-17(14-23-20)21(25)24-18-11-9-15(3)19(22)13-18;1-2/h6-14H,4-5H2,1-3H3,(H,24,25);2H,1H3/b8-6-,16-7+;. The van der Waals surface area contributed by atoms with Gasteiger partial charge in [0.1, 0.15) is 5.82 Å². The highest BCUT2D eigenvalue weighted by Crippen LogP contribution is 2.17. The molecule has 0 bridgehead atoms. The maximum absolute atomic E-state index is 13.6. The fourth-order valence-corrected chi connectivity index (χ4v) is 2.30. The van der Waals surface area contributed by atoms with Gasteiger partial charge in [-0.3, -0.25) is 9.78 Å². The molecular weight excluding hydrogens is 359 g/mol. The second kappa shape index (κ2) is 12.1. The average Bonchev–Trinajstić information content (AvgIpc) is 2.69. The lowest BCUT2D eigenvalue weighted by Gasteiger charge is -2.07. The van der Waals surface area contributed by atoms with E-state index in [4.69, 9.17) is 0 Å². The molecule has 0 unspecified atom stereocenters. The molecule has 0 atom stereocenters. The van der Waals surface area contributed by atoms with Crippen LogP contribution in [0.15, 0.2) is 54.8 Å². The molecule has 1 heterocycles. The Morgan fingerprint density at radius 3 is 2.48 bits per heavy atom. The van der Waals surface area contributed by atoms with Crippen LogP contribution >= 0.6 is 12.6 Å². The number of carbonyl (C=O) groups excluding carboxylic acids is 1. The van der Waals surface area contributed by atoms with Gasteiger partial charge in [-0.2, -0.15) is 12.6 Å². The van der Waals surface area contributed by atoms with Crippen molar-refractivity contribution in [3.05, 3.63) is 77.4 Å². The quantitative estimate of drug-likeness (QED) is 0.466. The van der Waals surface area contributed by atoms with Gasteiger partial charge in [0.05, 0.1) is 11.3 Å². The topological polar surface area (TPSA) is 42.0 Å². The van der Waals surface area contributed by atoms with E-state index in [0.29, 0.717) is 16.8 Å². The Morgan fingerprint density at radius 1 is 1.19 bits per heavy atom. The predicted molar refractivity (Wildman–Crippen MR) is 116 cm³/mol. The van der Waals surface area contributed by atoms with Crippen LogP contribution < -0.4 is 5.32 Å². The third-order valence-corrected chi connectivity index (χ3v) is 3.71. The fraction of sp³-hybridized carbons (Fsp3) is 0.273. The summed E-state index contributed by atoms with van der Waals surface area (Å²) in [5, 5.41) is 2.69. The van der Waals surface area contributed by atoms with Gasteiger partial charge < -0.3 is 5.32 Å². The molecule has 0 aliphatic rings. The van der Waals surface area contributed by atoms with Crippen LogP contribution in [0.25, 0.3) is 5.57 Å². The molecule has 2 aromatic rings. The lowest BCUT2D eigenvalue weighted by Crippen LogP contribution is -2.12. The van der Waals surface area contributed by atoms with E-state index in [1.807, 2.05) is 12.1 Å². The van der Waals surface area contributed by atoms with Crippen LogP contribution in [0.4, 0.5) is 10.1 Å². The second-order valence-electron chi connectivity index (χ2n) is 5.73. The number of aromatic nitrogens is 1. The summed E-state index contributed by atoms with van der Waals surface area (Å²) < 4.78 is 13.6. The van der Waals surface area contributed by atoms with E-state index < -0.39 is 0 Å². The Labute approximate surface area is 166 Å². The first kappa shape index (κ1) is 22.6. The highest BCUT2D eigenvalue weighted by molar-refractivity contribution is 7.79. The number of carbonyl (C=O) groups is 1. The molecule has 0 spiro atoms. The fourth-order valence-electron chi connectivity index (χ4n) is 2.30. The number of rotatable bonds is 6. The summed E-state index contributed by atoms with van der Waals surface area (Å²) in [6.45, 7) is 5.83. The van der Waals surface area contributed by atoms with Gasteiger partial charge in [-0.15, -0.1) is 0 Å². The van der Waals surface area contributed by atoms with Crippen molar-refractivity contribution < 1.29 is 9.18 Å².